The zero-order chi connectivity index (χ0) is 13.6. The number of rotatable bonds is 6. The van der Waals surface area contributed by atoms with Crippen LogP contribution in [-0.2, 0) is 4.74 Å². The zero-order valence-electron chi connectivity index (χ0n) is 10.5. The molecule has 18 heavy (non-hydrogen) atoms. The molecule has 1 unspecified atom stereocenters. The smallest absolute Gasteiger partial charge is 0.389 e. The Labute approximate surface area is 105 Å². The van der Waals surface area contributed by atoms with Gasteiger partial charge in [0.1, 0.15) is 0 Å². The van der Waals surface area contributed by atoms with Gasteiger partial charge in [-0.25, -0.2) is 0 Å². The fourth-order valence-electron chi connectivity index (χ4n) is 2.10. The first kappa shape index (κ1) is 15.7. The second kappa shape index (κ2) is 7.28. The van der Waals surface area contributed by atoms with Crippen LogP contribution in [0.3, 0.4) is 0 Å². The number of methoxy groups -OCH3 is 1. The molecule has 0 radical (unpaired) electrons. The molecule has 0 aromatic carbocycles. The van der Waals surface area contributed by atoms with Crippen LogP contribution in [0.2, 0.25) is 0 Å². The number of nitrogens with zero attached hydrogens (tertiary/aromatic N) is 1. The van der Waals surface area contributed by atoms with Crippen molar-refractivity contribution in [3.05, 3.63) is 0 Å². The first-order valence-electron chi connectivity index (χ1n) is 6.10. The summed E-state index contributed by atoms with van der Waals surface area (Å²) in [4.78, 5) is 1.42. The molecule has 1 aliphatic rings. The van der Waals surface area contributed by atoms with Gasteiger partial charge in [-0.3, -0.25) is 4.90 Å². The van der Waals surface area contributed by atoms with Crippen LogP contribution in [0.5, 0.6) is 0 Å². The number of aliphatic hydroxyl groups excluding tert-OH is 1. The lowest BCUT2D eigenvalue weighted by atomic mass is 10.0. The lowest BCUT2D eigenvalue weighted by Crippen LogP contribution is -2.47. The van der Waals surface area contributed by atoms with Gasteiger partial charge in [0.05, 0.1) is 19.3 Å². The van der Waals surface area contributed by atoms with Crippen molar-refractivity contribution in [2.45, 2.75) is 31.2 Å². The number of hydrogen-bond acceptors (Lipinski definition) is 4. The normalized spacial score (nSPS) is 21.2. The summed E-state index contributed by atoms with van der Waals surface area (Å²) in [5.41, 5.74) is 0. The minimum absolute atomic E-state index is 0.181. The molecule has 1 heterocycles. The van der Waals surface area contributed by atoms with Gasteiger partial charge in [-0.1, -0.05) is 0 Å². The maximum atomic E-state index is 12.2. The molecule has 0 aromatic rings. The molecule has 1 saturated heterocycles. The van der Waals surface area contributed by atoms with Gasteiger partial charge < -0.3 is 15.2 Å². The number of aliphatic hydroxyl groups is 1. The minimum Gasteiger partial charge on any atom is -0.389 e. The predicted octanol–water partition coefficient (Wildman–Crippen LogP) is 0.610. The summed E-state index contributed by atoms with van der Waals surface area (Å²) in [6.45, 7) is 0.735. The Morgan fingerprint density at radius 2 is 2.00 bits per heavy atom. The number of piperidine rings is 1. The first-order chi connectivity index (χ1) is 8.40. The van der Waals surface area contributed by atoms with Gasteiger partial charge >= 0.3 is 6.18 Å². The van der Waals surface area contributed by atoms with Crippen LogP contribution in [0.4, 0.5) is 13.2 Å². The molecule has 1 aliphatic heterocycles. The van der Waals surface area contributed by atoms with E-state index in [1.807, 2.05) is 0 Å². The molecule has 4 nitrogen and oxygen atoms in total. The highest BCUT2D eigenvalue weighted by atomic mass is 19.4. The number of hydrogen-bond donors (Lipinski definition) is 2. The zero-order valence-corrected chi connectivity index (χ0v) is 10.5. The van der Waals surface area contributed by atoms with Crippen molar-refractivity contribution in [3.8, 4) is 0 Å². The van der Waals surface area contributed by atoms with Crippen LogP contribution in [-0.4, -0.2) is 68.2 Å². The van der Waals surface area contributed by atoms with Crippen molar-refractivity contribution in [2.24, 2.45) is 0 Å². The average molecular weight is 270 g/mol. The average Bonchev–Trinajstić information content (AvgIpc) is 2.26. The van der Waals surface area contributed by atoms with Crippen molar-refractivity contribution in [3.63, 3.8) is 0 Å². The Balaban J connectivity index is 2.15. The summed E-state index contributed by atoms with van der Waals surface area (Å²) in [5.74, 6) is 0. The Morgan fingerprint density at radius 3 is 2.50 bits per heavy atom. The molecule has 1 atom stereocenters. The van der Waals surface area contributed by atoms with E-state index in [2.05, 4.69) is 5.32 Å². The van der Waals surface area contributed by atoms with Crippen molar-refractivity contribution < 1.29 is 23.0 Å². The van der Waals surface area contributed by atoms with E-state index in [-0.39, 0.29) is 12.6 Å². The summed E-state index contributed by atoms with van der Waals surface area (Å²) >= 11 is 0. The van der Waals surface area contributed by atoms with Crippen molar-refractivity contribution in [1.82, 2.24) is 10.2 Å². The van der Waals surface area contributed by atoms with Gasteiger partial charge in [0.2, 0.25) is 0 Å². The lowest BCUT2D eigenvalue weighted by Gasteiger charge is -2.33. The molecule has 0 bridgehead atoms. The molecule has 7 heteroatoms. The summed E-state index contributed by atoms with van der Waals surface area (Å²) in [7, 11) is 1.51. The molecular weight excluding hydrogens is 249 g/mol. The van der Waals surface area contributed by atoms with E-state index in [9.17, 15) is 18.3 Å². The summed E-state index contributed by atoms with van der Waals surface area (Å²) in [6.07, 6.45) is -3.33. The number of alkyl halides is 3. The summed E-state index contributed by atoms with van der Waals surface area (Å²) in [6, 6.07) is 0.181. The maximum absolute atomic E-state index is 12.2. The van der Waals surface area contributed by atoms with Crippen molar-refractivity contribution in [1.29, 1.82) is 0 Å². The molecule has 1 rings (SSSR count). The molecule has 0 aromatic heterocycles. The summed E-state index contributed by atoms with van der Waals surface area (Å²) < 4.78 is 41.3. The quantitative estimate of drug-likeness (QED) is 0.742. The Morgan fingerprint density at radius 1 is 1.39 bits per heavy atom. The molecule has 1 fully saturated rings. The standard InChI is InChI=1S/C11H21F3N2O2/c1-18-7-10(17)6-15-9-2-4-16(5-3-9)8-11(12,13)14/h9-10,15,17H,2-8H2,1H3. The van der Waals surface area contributed by atoms with E-state index in [1.54, 1.807) is 0 Å². The maximum Gasteiger partial charge on any atom is 0.401 e. The second-order valence-corrected chi connectivity index (χ2v) is 4.68. The number of halogens is 3. The fraction of sp³-hybridized carbons (Fsp3) is 1.00. The van der Waals surface area contributed by atoms with Crippen LogP contribution in [0, 0.1) is 0 Å². The minimum atomic E-state index is -4.12. The van der Waals surface area contributed by atoms with Crippen molar-refractivity contribution >= 4 is 0 Å². The van der Waals surface area contributed by atoms with E-state index in [0.29, 0.717) is 32.5 Å². The number of nitrogens with one attached hydrogen (secondary N) is 1. The number of likely N-dealkylation sites (tertiary alicyclic amines) is 1. The van der Waals surface area contributed by atoms with E-state index in [4.69, 9.17) is 4.74 Å². The second-order valence-electron chi connectivity index (χ2n) is 4.68. The highest BCUT2D eigenvalue weighted by Crippen LogP contribution is 2.19. The SMILES string of the molecule is COCC(O)CNC1CCN(CC(F)(F)F)CC1. The van der Waals surface area contributed by atoms with Crippen LogP contribution in [0.25, 0.3) is 0 Å². The van der Waals surface area contributed by atoms with E-state index < -0.39 is 18.8 Å². The molecular formula is C11H21F3N2O2. The fourth-order valence-corrected chi connectivity index (χ4v) is 2.10. The first-order valence-corrected chi connectivity index (χ1v) is 6.10. The third-order valence-electron chi connectivity index (χ3n) is 2.99. The molecule has 0 spiro atoms. The van der Waals surface area contributed by atoms with Gasteiger partial charge in [-0.15, -0.1) is 0 Å². The van der Waals surface area contributed by atoms with Gasteiger partial charge in [0.25, 0.3) is 0 Å². The van der Waals surface area contributed by atoms with Crippen LogP contribution < -0.4 is 5.32 Å². The van der Waals surface area contributed by atoms with E-state index in [1.165, 1.54) is 12.0 Å². The molecule has 0 amide bonds. The molecule has 0 saturated carbocycles. The molecule has 108 valence electrons. The Bertz CT molecular complexity index is 231. The van der Waals surface area contributed by atoms with E-state index in [0.717, 1.165) is 0 Å². The molecule has 2 N–H and O–H groups in total. The van der Waals surface area contributed by atoms with Gasteiger partial charge in [-0.2, -0.15) is 13.2 Å². The molecule has 0 aliphatic carbocycles. The lowest BCUT2D eigenvalue weighted by molar-refractivity contribution is -0.148. The van der Waals surface area contributed by atoms with Gasteiger partial charge in [0.15, 0.2) is 0 Å². The monoisotopic (exact) mass is 270 g/mol. The van der Waals surface area contributed by atoms with Crippen LogP contribution >= 0.6 is 0 Å². The summed E-state index contributed by atoms with van der Waals surface area (Å²) in [5, 5.41) is 12.6. The van der Waals surface area contributed by atoms with Crippen molar-refractivity contribution in [2.75, 3.05) is 39.9 Å². The third-order valence-corrected chi connectivity index (χ3v) is 2.99. The van der Waals surface area contributed by atoms with Gasteiger partial charge in [-0.05, 0) is 25.9 Å². The number of ether oxygens (including phenoxy) is 1. The highest BCUT2D eigenvalue weighted by molar-refractivity contribution is 4.79. The van der Waals surface area contributed by atoms with Gasteiger partial charge in [0, 0.05) is 19.7 Å². The largest absolute Gasteiger partial charge is 0.401 e. The third kappa shape index (κ3) is 6.53. The highest BCUT2D eigenvalue weighted by Gasteiger charge is 2.32. The van der Waals surface area contributed by atoms with Crippen LogP contribution in [0.1, 0.15) is 12.8 Å². The Kier molecular flexibility index (Phi) is 6.34. The van der Waals surface area contributed by atoms with Crippen LogP contribution in [0.15, 0.2) is 0 Å². The predicted molar refractivity (Wildman–Crippen MR) is 61.4 cm³/mol. The Hall–Kier alpha value is -0.370. The van der Waals surface area contributed by atoms with E-state index >= 15 is 0 Å². The topological polar surface area (TPSA) is 44.7 Å².